The lowest BCUT2D eigenvalue weighted by molar-refractivity contribution is -0.193. The third-order valence-electron chi connectivity index (χ3n) is 5.64. The molecule has 3 N–H and O–H groups in total. The van der Waals surface area contributed by atoms with Crippen LogP contribution in [-0.4, -0.2) is 97.8 Å². The largest absolute Gasteiger partial charge is 0.490 e. The molecule has 4 rings (SSSR count). The molecule has 0 amide bonds. The number of hydrogen-bond acceptors (Lipinski definition) is 8. The number of nitrogens with zero attached hydrogens (tertiary/aromatic N) is 5. The molecule has 20 heteroatoms. The molecular formula is C24H26F9N5O6. The maximum atomic E-state index is 10.6. The van der Waals surface area contributed by atoms with Crippen LogP contribution in [0.5, 0.6) is 0 Å². The Labute approximate surface area is 243 Å². The van der Waals surface area contributed by atoms with Gasteiger partial charge in [-0.3, -0.25) is 9.88 Å². The Kier molecular flexibility index (Phi) is 14.2. The van der Waals surface area contributed by atoms with E-state index in [4.69, 9.17) is 29.7 Å². The minimum absolute atomic E-state index is 0.989. The number of carboxylic acids is 3. The third-order valence-corrected chi connectivity index (χ3v) is 5.64. The van der Waals surface area contributed by atoms with Gasteiger partial charge in [0.25, 0.3) is 0 Å². The molecule has 2 aromatic heterocycles. The number of hydrogen-bond donors (Lipinski definition) is 3. The number of pyridine rings is 1. The first-order valence-electron chi connectivity index (χ1n) is 12.3. The molecule has 11 nitrogen and oxygen atoms in total. The molecule has 246 valence electrons. The number of carboxylic acid groups (broad SMARTS) is 3. The smallest absolute Gasteiger partial charge is 0.475 e. The standard InChI is InChI=1S/C18H23N5.3C2HF3O2/c1-2-10-23(9-1)18-16-5-11-22(12-6-17(16)20-14-21-18)13-15-3-7-19-8-4-15;3*3-2(4,5)1(6)7/h3-4,7-8,14H,1-2,5-6,9-13H2;3*(H,6,7). The van der Waals surface area contributed by atoms with Crippen LogP contribution in [0.2, 0.25) is 0 Å². The summed E-state index contributed by atoms with van der Waals surface area (Å²) in [6.45, 7) is 5.41. The first-order chi connectivity index (χ1) is 20.2. The maximum Gasteiger partial charge on any atom is 0.490 e. The van der Waals surface area contributed by atoms with E-state index in [2.05, 4.69) is 36.9 Å². The Morgan fingerprint density at radius 3 is 1.57 bits per heavy atom. The highest BCUT2D eigenvalue weighted by Gasteiger charge is 2.39. The van der Waals surface area contributed by atoms with Gasteiger partial charge in [-0.1, -0.05) is 0 Å². The van der Waals surface area contributed by atoms with Crippen LogP contribution in [0.3, 0.4) is 0 Å². The van der Waals surface area contributed by atoms with Crippen LogP contribution in [0, 0.1) is 0 Å². The summed E-state index contributed by atoms with van der Waals surface area (Å²) >= 11 is 0. The predicted octanol–water partition coefficient (Wildman–Crippen LogP) is 3.97. The van der Waals surface area contributed by atoms with Gasteiger partial charge in [-0.05, 0) is 37.0 Å². The Hall–Kier alpha value is -4.23. The minimum Gasteiger partial charge on any atom is -0.475 e. The Morgan fingerprint density at radius 2 is 1.14 bits per heavy atom. The Bertz CT molecular complexity index is 1160. The van der Waals surface area contributed by atoms with Gasteiger partial charge < -0.3 is 20.2 Å². The molecule has 0 saturated carbocycles. The summed E-state index contributed by atoms with van der Waals surface area (Å²) in [6.07, 6.45) is -5.11. The summed E-state index contributed by atoms with van der Waals surface area (Å²) in [6, 6.07) is 4.21. The number of alkyl halides is 9. The quantitative estimate of drug-likeness (QED) is 0.413. The number of aliphatic carboxylic acids is 3. The van der Waals surface area contributed by atoms with Crippen molar-refractivity contribution >= 4 is 23.7 Å². The van der Waals surface area contributed by atoms with E-state index < -0.39 is 36.4 Å². The first kappa shape index (κ1) is 37.8. The molecule has 2 aromatic rings. The van der Waals surface area contributed by atoms with Crippen molar-refractivity contribution in [2.24, 2.45) is 0 Å². The van der Waals surface area contributed by atoms with E-state index in [0.29, 0.717) is 0 Å². The van der Waals surface area contributed by atoms with Crippen molar-refractivity contribution in [2.45, 2.75) is 50.8 Å². The molecule has 2 aliphatic heterocycles. The molecule has 44 heavy (non-hydrogen) atoms. The van der Waals surface area contributed by atoms with Crippen LogP contribution in [0.1, 0.15) is 29.7 Å². The second-order valence-electron chi connectivity index (χ2n) is 8.86. The summed E-state index contributed by atoms with van der Waals surface area (Å²) in [4.78, 5) is 44.9. The second kappa shape index (κ2) is 16.6. The topological polar surface area (TPSA) is 157 Å². The van der Waals surface area contributed by atoms with Crippen LogP contribution in [0.15, 0.2) is 30.9 Å². The van der Waals surface area contributed by atoms with Gasteiger partial charge in [0.1, 0.15) is 12.1 Å². The van der Waals surface area contributed by atoms with E-state index in [1.807, 2.05) is 12.4 Å². The van der Waals surface area contributed by atoms with E-state index in [9.17, 15) is 39.5 Å². The van der Waals surface area contributed by atoms with Crippen molar-refractivity contribution in [2.75, 3.05) is 31.1 Å². The number of halogens is 9. The molecule has 0 bridgehead atoms. The van der Waals surface area contributed by atoms with E-state index >= 15 is 0 Å². The van der Waals surface area contributed by atoms with Crippen molar-refractivity contribution in [3.63, 3.8) is 0 Å². The van der Waals surface area contributed by atoms with Crippen LogP contribution in [-0.2, 0) is 33.8 Å². The number of carbonyl (C=O) groups is 3. The Morgan fingerprint density at radius 1 is 0.705 bits per heavy atom. The Balaban J connectivity index is 0.000000379. The summed E-state index contributed by atoms with van der Waals surface area (Å²) in [5, 5.41) is 21.4. The fraction of sp³-hybridized carbons (Fsp3) is 0.500. The van der Waals surface area contributed by atoms with E-state index in [1.54, 1.807) is 6.33 Å². The molecule has 2 aliphatic rings. The zero-order valence-corrected chi connectivity index (χ0v) is 22.5. The zero-order chi connectivity index (χ0) is 33.7. The van der Waals surface area contributed by atoms with E-state index in [1.165, 1.54) is 35.5 Å². The van der Waals surface area contributed by atoms with E-state index in [-0.39, 0.29) is 0 Å². The lowest BCUT2D eigenvalue weighted by Gasteiger charge is -2.21. The molecule has 0 aliphatic carbocycles. The number of anilines is 1. The first-order valence-corrected chi connectivity index (χ1v) is 12.3. The second-order valence-corrected chi connectivity index (χ2v) is 8.86. The zero-order valence-electron chi connectivity index (χ0n) is 22.5. The average Bonchev–Trinajstić information content (AvgIpc) is 3.37. The molecule has 0 unspecified atom stereocenters. The minimum atomic E-state index is -5.08. The summed E-state index contributed by atoms with van der Waals surface area (Å²) in [5.41, 5.74) is 3.96. The molecule has 0 spiro atoms. The van der Waals surface area contributed by atoms with Crippen LogP contribution >= 0.6 is 0 Å². The highest BCUT2D eigenvalue weighted by atomic mass is 19.4. The number of rotatable bonds is 3. The van der Waals surface area contributed by atoms with Crippen LogP contribution in [0.25, 0.3) is 0 Å². The highest BCUT2D eigenvalue weighted by molar-refractivity contribution is 5.73. The lowest BCUT2D eigenvalue weighted by atomic mass is 10.1. The van der Waals surface area contributed by atoms with Gasteiger partial charge in [-0.25, -0.2) is 24.4 Å². The van der Waals surface area contributed by atoms with Gasteiger partial charge in [0.2, 0.25) is 0 Å². The number of aromatic nitrogens is 3. The maximum absolute atomic E-state index is 10.6. The van der Waals surface area contributed by atoms with E-state index in [0.717, 1.165) is 45.6 Å². The SMILES string of the molecule is O=C(O)C(F)(F)F.O=C(O)C(F)(F)F.O=C(O)C(F)(F)F.c1cc(CN2CCc3ncnc(N4CCCC4)c3CC2)ccn1. The van der Waals surface area contributed by atoms with Crippen LogP contribution in [0.4, 0.5) is 45.3 Å². The lowest BCUT2D eigenvalue weighted by Crippen LogP contribution is -2.26. The third kappa shape index (κ3) is 13.8. The van der Waals surface area contributed by atoms with Gasteiger partial charge in [-0.2, -0.15) is 39.5 Å². The fourth-order valence-electron chi connectivity index (χ4n) is 3.66. The van der Waals surface area contributed by atoms with Crippen molar-refractivity contribution < 1.29 is 69.2 Å². The van der Waals surface area contributed by atoms with Gasteiger partial charge in [0.05, 0.1) is 5.69 Å². The monoisotopic (exact) mass is 651 g/mol. The molecule has 4 heterocycles. The molecule has 0 radical (unpaired) electrons. The van der Waals surface area contributed by atoms with Crippen molar-refractivity contribution in [1.82, 2.24) is 19.9 Å². The molecular weight excluding hydrogens is 625 g/mol. The van der Waals surface area contributed by atoms with Crippen molar-refractivity contribution in [3.8, 4) is 0 Å². The van der Waals surface area contributed by atoms with Crippen molar-refractivity contribution in [1.29, 1.82) is 0 Å². The van der Waals surface area contributed by atoms with Crippen LogP contribution < -0.4 is 4.90 Å². The summed E-state index contributed by atoms with van der Waals surface area (Å²) in [5.74, 6) is -7.08. The van der Waals surface area contributed by atoms with Gasteiger partial charge in [0.15, 0.2) is 0 Å². The predicted molar refractivity (Wildman–Crippen MR) is 131 cm³/mol. The average molecular weight is 651 g/mol. The molecule has 1 saturated heterocycles. The summed E-state index contributed by atoms with van der Waals surface area (Å²) in [7, 11) is 0. The van der Waals surface area contributed by atoms with Gasteiger partial charge >= 0.3 is 36.4 Å². The fourth-order valence-corrected chi connectivity index (χ4v) is 3.66. The van der Waals surface area contributed by atoms with Gasteiger partial charge in [0, 0.05) is 57.1 Å². The van der Waals surface area contributed by atoms with Gasteiger partial charge in [-0.15, -0.1) is 0 Å². The molecule has 0 aromatic carbocycles. The highest BCUT2D eigenvalue weighted by Crippen LogP contribution is 2.26. The van der Waals surface area contributed by atoms with Crippen molar-refractivity contribution in [3.05, 3.63) is 47.7 Å². The summed E-state index contributed by atoms with van der Waals surface area (Å²) < 4.78 is 95.2. The molecule has 1 fully saturated rings. The number of fused-ring (bicyclic) bond motifs is 1. The normalized spacial score (nSPS) is 15.2. The molecule has 0 atom stereocenters.